The Hall–Kier alpha value is -0.390. The van der Waals surface area contributed by atoms with E-state index >= 15 is 0 Å². The minimum Gasteiger partial charge on any atom is -0.494 e. The molecule has 0 radical (unpaired) electrons. The molecular formula is C14H23BrNO4P. The summed E-state index contributed by atoms with van der Waals surface area (Å²) in [5.74, 6) is 0.807. The van der Waals surface area contributed by atoms with Gasteiger partial charge in [-0.1, -0.05) is 15.9 Å². The molecular weight excluding hydrogens is 357 g/mol. The second-order valence-corrected chi connectivity index (χ2v) is 7.23. The predicted octanol–water partition coefficient (Wildman–Crippen LogP) is 4.16. The molecule has 21 heavy (non-hydrogen) atoms. The second-order valence-electron chi connectivity index (χ2n) is 4.26. The largest absolute Gasteiger partial charge is 0.494 e. The van der Waals surface area contributed by atoms with Gasteiger partial charge in [-0.15, -0.1) is 0 Å². The minimum absolute atomic E-state index is 0.186. The average molecular weight is 380 g/mol. The summed E-state index contributed by atoms with van der Waals surface area (Å²) < 4.78 is 29.2. The van der Waals surface area contributed by atoms with Crippen molar-refractivity contribution in [2.24, 2.45) is 0 Å². The van der Waals surface area contributed by atoms with Gasteiger partial charge in [-0.2, -0.15) is 0 Å². The van der Waals surface area contributed by atoms with Gasteiger partial charge in [0.25, 0.3) is 0 Å². The van der Waals surface area contributed by atoms with E-state index in [0.717, 1.165) is 15.8 Å². The van der Waals surface area contributed by atoms with Crippen LogP contribution in [-0.4, -0.2) is 26.1 Å². The maximum atomic E-state index is 12.3. The van der Waals surface area contributed by atoms with Crippen LogP contribution in [0.3, 0.4) is 0 Å². The van der Waals surface area contributed by atoms with Gasteiger partial charge in [-0.3, -0.25) is 4.57 Å². The summed E-state index contributed by atoms with van der Waals surface area (Å²) in [5, 5.41) is 3.12. The number of benzene rings is 1. The molecule has 0 fully saturated rings. The van der Waals surface area contributed by atoms with Gasteiger partial charge < -0.3 is 19.1 Å². The predicted molar refractivity (Wildman–Crippen MR) is 87.9 cm³/mol. The van der Waals surface area contributed by atoms with Crippen molar-refractivity contribution in [3.8, 4) is 5.75 Å². The molecule has 0 aliphatic carbocycles. The van der Waals surface area contributed by atoms with Crippen molar-refractivity contribution in [3.05, 3.63) is 28.2 Å². The maximum Gasteiger partial charge on any atom is 0.344 e. The molecule has 0 bridgehead atoms. The fraction of sp³-hybridized carbons (Fsp3) is 0.571. The molecule has 1 N–H and O–H groups in total. The Morgan fingerprint density at radius 3 is 2.33 bits per heavy atom. The Kier molecular flexibility index (Phi) is 8.52. The van der Waals surface area contributed by atoms with Crippen LogP contribution in [0.5, 0.6) is 5.75 Å². The topological polar surface area (TPSA) is 56.8 Å². The van der Waals surface area contributed by atoms with E-state index in [-0.39, 0.29) is 6.29 Å². The molecule has 0 heterocycles. The zero-order valence-corrected chi connectivity index (χ0v) is 15.2. The van der Waals surface area contributed by atoms with Crippen LogP contribution in [0, 0.1) is 0 Å². The summed E-state index contributed by atoms with van der Waals surface area (Å²) in [7, 11) is -3.05. The fourth-order valence-corrected chi connectivity index (χ4v) is 3.78. The van der Waals surface area contributed by atoms with Gasteiger partial charge in [0, 0.05) is 11.0 Å². The van der Waals surface area contributed by atoms with Gasteiger partial charge in [-0.25, -0.2) is 0 Å². The molecule has 0 unspecified atom stereocenters. The zero-order valence-electron chi connectivity index (χ0n) is 12.7. The molecule has 0 aliphatic heterocycles. The Labute approximate surface area is 135 Å². The van der Waals surface area contributed by atoms with E-state index in [1.165, 1.54) is 0 Å². The molecule has 120 valence electrons. The maximum absolute atomic E-state index is 12.3. The van der Waals surface area contributed by atoms with Crippen molar-refractivity contribution in [2.45, 2.75) is 27.3 Å². The lowest BCUT2D eigenvalue weighted by atomic mass is 10.2. The van der Waals surface area contributed by atoms with Crippen LogP contribution in [-0.2, 0) is 20.2 Å². The number of nitrogens with one attached hydrogen (secondary N) is 1. The Bertz CT molecular complexity index is 474. The number of halogens is 1. The standard InChI is InChI=1S/C14H23BrNO4P/c1-4-18-14-8-12(7-13(15)9-14)10-16-11-21(17,19-5-2)20-6-3/h7-9,16H,4-6,10-11H2,1-3H3. The molecule has 0 amide bonds. The third-order valence-electron chi connectivity index (χ3n) is 2.53. The first-order valence-corrected chi connectivity index (χ1v) is 9.56. The smallest absolute Gasteiger partial charge is 0.344 e. The number of hydrogen-bond donors (Lipinski definition) is 1. The average Bonchev–Trinajstić information content (AvgIpc) is 2.39. The van der Waals surface area contributed by atoms with E-state index in [0.29, 0.717) is 26.4 Å². The first kappa shape index (κ1) is 18.7. The summed E-state index contributed by atoms with van der Waals surface area (Å²) in [6.45, 7) is 7.45. The fourth-order valence-electron chi connectivity index (χ4n) is 1.83. The quantitative estimate of drug-likeness (QED) is 0.618. The lowest BCUT2D eigenvalue weighted by Crippen LogP contribution is -2.17. The Balaban J connectivity index is 2.60. The zero-order chi connectivity index (χ0) is 15.7. The monoisotopic (exact) mass is 379 g/mol. The van der Waals surface area contributed by atoms with Crippen molar-refractivity contribution in [1.82, 2.24) is 5.32 Å². The first-order chi connectivity index (χ1) is 10.0. The normalized spacial score (nSPS) is 11.6. The van der Waals surface area contributed by atoms with Crippen molar-refractivity contribution in [2.75, 3.05) is 26.1 Å². The number of hydrogen-bond acceptors (Lipinski definition) is 5. The molecule has 0 atom stereocenters. The van der Waals surface area contributed by atoms with Crippen LogP contribution in [0.25, 0.3) is 0 Å². The van der Waals surface area contributed by atoms with Crippen LogP contribution in [0.4, 0.5) is 0 Å². The third kappa shape index (κ3) is 6.94. The Morgan fingerprint density at radius 1 is 1.10 bits per heavy atom. The molecule has 5 nitrogen and oxygen atoms in total. The van der Waals surface area contributed by atoms with Crippen molar-refractivity contribution < 1.29 is 18.3 Å². The summed E-state index contributed by atoms with van der Waals surface area (Å²) in [6, 6.07) is 5.85. The summed E-state index contributed by atoms with van der Waals surface area (Å²) >= 11 is 3.45. The highest BCUT2D eigenvalue weighted by Crippen LogP contribution is 2.46. The second kappa shape index (κ2) is 9.59. The van der Waals surface area contributed by atoms with E-state index < -0.39 is 7.60 Å². The molecule has 7 heteroatoms. The van der Waals surface area contributed by atoms with Crippen LogP contribution < -0.4 is 10.1 Å². The lowest BCUT2D eigenvalue weighted by Gasteiger charge is -2.17. The van der Waals surface area contributed by atoms with Gasteiger partial charge in [0.1, 0.15) is 5.75 Å². The van der Waals surface area contributed by atoms with Crippen LogP contribution in [0.15, 0.2) is 22.7 Å². The van der Waals surface area contributed by atoms with Gasteiger partial charge in [0.15, 0.2) is 0 Å². The minimum atomic E-state index is -3.05. The molecule has 0 saturated carbocycles. The van der Waals surface area contributed by atoms with E-state index in [1.54, 1.807) is 13.8 Å². The summed E-state index contributed by atoms with van der Waals surface area (Å²) in [4.78, 5) is 0. The highest BCUT2D eigenvalue weighted by Gasteiger charge is 2.22. The van der Waals surface area contributed by atoms with Crippen molar-refractivity contribution in [1.29, 1.82) is 0 Å². The molecule has 0 saturated heterocycles. The SMILES string of the molecule is CCOc1cc(Br)cc(CNCP(=O)(OCC)OCC)c1. The first-order valence-electron chi connectivity index (χ1n) is 7.04. The van der Waals surface area contributed by atoms with Crippen molar-refractivity contribution in [3.63, 3.8) is 0 Å². The molecule has 0 spiro atoms. The van der Waals surface area contributed by atoms with E-state index in [1.807, 2.05) is 25.1 Å². The number of ether oxygens (including phenoxy) is 1. The van der Waals surface area contributed by atoms with E-state index in [9.17, 15) is 4.57 Å². The lowest BCUT2D eigenvalue weighted by molar-refractivity contribution is 0.218. The summed E-state index contributed by atoms with van der Waals surface area (Å²) in [5.41, 5.74) is 1.03. The molecule has 1 rings (SSSR count). The van der Waals surface area contributed by atoms with Gasteiger partial charge in [0.2, 0.25) is 0 Å². The van der Waals surface area contributed by atoms with Gasteiger partial charge in [-0.05, 0) is 44.5 Å². The number of rotatable bonds is 10. The highest BCUT2D eigenvalue weighted by molar-refractivity contribution is 9.10. The molecule has 0 aromatic heterocycles. The third-order valence-corrected chi connectivity index (χ3v) is 4.90. The van der Waals surface area contributed by atoms with Crippen molar-refractivity contribution >= 4 is 23.5 Å². The van der Waals surface area contributed by atoms with E-state index in [4.69, 9.17) is 13.8 Å². The molecule has 1 aromatic rings. The highest BCUT2D eigenvalue weighted by atomic mass is 79.9. The summed E-state index contributed by atoms with van der Waals surface area (Å²) in [6.07, 6.45) is 0.186. The van der Waals surface area contributed by atoms with E-state index in [2.05, 4.69) is 21.2 Å². The van der Waals surface area contributed by atoms with Gasteiger partial charge in [0.05, 0.1) is 26.1 Å². The van der Waals surface area contributed by atoms with Crippen LogP contribution >= 0.6 is 23.5 Å². The Morgan fingerprint density at radius 2 is 1.76 bits per heavy atom. The van der Waals surface area contributed by atoms with Crippen LogP contribution in [0.1, 0.15) is 26.3 Å². The van der Waals surface area contributed by atoms with Gasteiger partial charge >= 0.3 is 7.60 Å². The molecule has 0 aliphatic rings. The molecule has 1 aromatic carbocycles. The van der Waals surface area contributed by atoms with Crippen LogP contribution in [0.2, 0.25) is 0 Å².